The van der Waals surface area contributed by atoms with Crippen LogP contribution in [0, 0.1) is 5.82 Å². The van der Waals surface area contributed by atoms with E-state index in [2.05, 4.69) is 10.6 Å². The van der Waals surface area contributed by atoms with E-state index in [9.17, 15) is 14.0 Å². The van der Waals surface area contributed by atoms with Gasteiger partial charge < -0.3 is 20.1 Å². The summed E-state index contributed by atoms with van der Waals surface area (Å²) in [6.07, 6.45) is 0. The van der Waals surface area contributed by atoms with Crippen molar-refractivity contribution in [1.29, 1.82) is 0 Å². The Hall–Kier alpha value is -3.00. The number of hydrogen-bond donors (Lipinski definition) is 2. The molecule has 2 N–H and O–H groups in total. The highest BCUT2D eigenvalue weighted by Gasteiger charge is 2.17. The molecule has 0 unspecified atom stereocenters. The highest BCUT2D eigenvalue weighted by molar-refractivity contribution is 6.37. The monoisotopic (exact) mass is 496 g/mol. The number of hydrogen-bond acceptors (Lipinski definition) is 4. The lowest BCUT2D eigenvalue weighted by molar-refractivity contribution is 0.101. The zero-order valence-electron chi connectivity index (χ0n) is 16.8. The number of methoxy groups -OCH3 is 2. The second-order valence-corrected chi connectivity index (χ2v) is 7.67. The van der Waals surface area contributed by atoms with Crippen molar-refractivity contribution in [3.8, 4) is 11.5 Å². The molecule has 0 aliphatic heterocycles. The number of anilines is 2. The maximum atomic E-state index is 14.1. The van der Waals surface area contributed by atoms with E-state index < -0.39 is 17.6 Å². The van der Waals surface area contributed by atoms with E-state index >= 15 is 0 Å². The summed E-state index contributed by atoms with van der Waals surface area (Å²) in [4.78, 5) is 25.2. The van der Waals surface area contributed by atoms with E-state index in [0.29, 0.717) is 11.4 Å². The lowest BCUT2D eigenvalue weighted by Gasteiger charge is -2.14. The van der Waals surface area contributed by atoms with Gasteiger partial charge in [-0.25, -0.2) is 4.39 Å². The molecule has 0 bridgehead atoms. The first-order chi connectivity index (χ1) is 15.2. The molecule has 0 atom stereocenters. The molecule has 0 saturated heterocycles. The highest BCUT2D eigenvalue weighted by Crippen LogP contribution is 2.34. The Morgan fingerprint density at radius 2 is 1.53 bits per heavy atom. The van der Waals surface area contributed by atoms with E-state index in [0.717, 1.165) is 6.07 Å². The molecule has 0 heterocycles. The van der Waals surface area contributed by atoms with Crippen molar-refractivity contribution in [3.05, 3.63) is 80.5 Å². The van der Waals surface area contributed by atoms with Gasteiger partial charge in [0.05, 0.1) is 35.5 Å². The predicted molar refractivity (Wildman–Crippen MR) is 123 cm³/mol. The number of benzene rings is 3. The number of nitrogens with one attached hydrogen (secondary N) is 2. The van der Waals surface area contributed by atoms with Gasteiger partial charge in [0.25, 0.3) is 11.8 Å². The molecule has 32 heavy (non-hydrogen) atoms. The SMILES string of the molecule is COc1ccc(NC(=O)c2cc(Cl)c(OC)c(Cl)c2)cc1NC(=O)c1ccc(Cl)cc1F. The fourth-order valence-electron chi connectivity index (χ4n) is 2.84. The van der Waals surface area contributed by atoms with Gasteiger partial charge >= 0.3 is 0 Å². The summed E-state index contributed by atoms with van der Waals surface area (Å²) in [5.41, 5.74) is 0.556. The number of amides is 2. The van der Waals surface area contributed by atoms with Gasteiger partial charge in [0.2, 0.25) is 0 Å². The van der Waals surface area contributed by atoms with Gasteiger partial charge in [-0.05, 0) is 48.5 Å². The van der Waals surface area contributed by atoms with E-state index in [4.69, 9.17) is 44.3 Å². The van der Waals surface area contributed by atoms with Crippen LogP contribution in [0.2, 0.25) is 15.1 Å². The first-order valence-electron chi connectivity index (χ1n) is 9.02. The van der Waals surface area contributed by atoms with Gasteiger partial charge in [0.15, 0.2) is 5.75 Å². The van der Waals surface area contributed by atoms with Gasteiger partial charge in [-0.15, -0.1) is 0 Å². The largest absolute Gasteiger partial charge is 0.495 e. The Labute approximate surface area is 198 Å². The second kappa shape index (κ2) is 10.1. The Bertz CT molecular complexity index is 1180. The molecule has 10 heteroatoms. The predicted octanol–water partition coefficient (Wildman–Crippen LogP) is 6.31. The van der Waals surface area contributed by atoms with Crippen molar-refractivity contribution in [1.82, 2.24) is 0 Å². The molecule has 0 radical (unpaired) electrons. The molecule has 6 nitrogen and oxygen atoms in total. The molecule has 3 aromatic carbocycles. The second-order valence-electron chi connectivity index (χ2n) is 6.42. The Balaban J connectivity index is 1.84. The summed E-state index contributed by atoms with van der Waals surface area (Å²) in [5.74, 6) is -1.42. The number of rotatable bonds is 6. The van der Waals surface area contributed by atoms with Crippen LogP contribution in [0.25, 0.3) is 0 Å². The quantitative estimate of drug-likeness (QED) is 0.418. The first-order valence-corrected chi connectivity index (χ1v) is 10.2. The molecule has 0 spiro atoms. The van der Waals surface area contributed by atoms with Crippen LogP contribution in [0.15, 0.2) is 48.5 Å². The molecular formula is C22H16Cl3FN2O4. The van der Waals surface area contributed by atoms with Crippen molar-refractivity contribution >= 4 is 58.0 Å². The third-order valence-corrected chi connectivity index (χ3v) is 5.14. The van der Waals surface area contributed by atoms with Crippen molar-refractivity contribution in [2.45, 2.75) is 0 Å². The number of carbonyl (C=O) groups is 2. The molecule has 0 aliphatic rings. The Morgan fingerprint density at radius 1 is 0.844 bits per heavy atom. The molecule has 0 aliphatic carbocycles. The van der Waals surface area contributed by atoms with Crippen molar-refractivity contribution in [2.75, 3.05) is 24.9 Å². The summed E-state index contributed by atoms with van der Waals surface area (Å²) in [7, 11) is 2.82. The average molecular weight is 498 g/mol. The molecule has 2 amide bonds. The fourth-order valence-corrected chi connectivity index (χ4v) is 3.64. The summed E-state index contributed by atoms with van der Waals surface area (Å²) in [6, 6.07) is 11.1. The van der Waals surface area contributed by atoms with Crippen LogP contribution in [0.3, 0.4) is 0 Å². The maximum Gasteiger partial charge on any atom is 0.258 e. The number of halogens is 4. The van der Waals surface area contributed by atoms with Crippen molar-refractivity contribution < 1.29 is 23.5 Å². The van der Waals surface area contributed by atoms with Crippen LogP contribution >= 0.6 is 34.8 Å². The van der Waals surface area contributed by atoms with E-state index in [1.54, 1.807) is 6.07 Å². The fraction of sp³-hybridized carbons (Fsp3) is 0.0909. The van der Waals surface area contributed by atoms with Crippen LogP contribution in [0.4, 0.5) is 15.8 Å². The van der Waals surface area contributed by atoms with E-state index in [-0.39, 0.29) is 37.6 Å². The number of carbonyl (C=O) groups excluding carboxylic acids is 2. The van der Waals surface area contributed by atoms with Crippen LogP contribution in [0.1, 0.15) is 20.7 Å². The third kappa shape index (κ3) is 5.24. The summed E-state index contributed by atoms with van der Waals surface area (Å²) in [5, 5.41) is 5.77. The third-order valence-electron chi connectivity index (χ3n) is 4.35. The standard InChI is InChI=1S/C22H16Cl3FN2O4/c1-31-19-6-4-13(27-21(29)11-7-15(24)20(32-2)16(25)8-11)10-18(19)28-22(30)14-5-3-12(23)9-17(14)26/h3-10H,1-2H3,(H,27,29)(H,28,30). The highest BCUT2D eigenvalue weighted by atomic mass is 35.5. The van der Waals surface area contributed by atoms with Crippen LogP contribution in [-0.4, -0.2) is 26.0 Å². The zero-order chi connectivity index (χ0) is 23.4. The topological polar surface area (TPSA) is 76.7 Å². The zero-order valence-corrected chi connectivity index (χ0v) is 19.0. The van der Waals surface area contributed by atoms with Crippen LogP contribution in [-0.2, 0) is 0 Å². The minimum absolute atomic E-state index is 0.167. The lowest BCUT2D eigenvalue weighted by Crippen LogP contribution is -2.16. The van der Waals surface area contributed by atoms with Gasteiger partial charge in [-0.2, -0.15) is 0 Å². The summed E-state index contributed by atoms with van der Waals surface area (Å²) >= 11 is 17.9. The normalized spacial score (nSPS) is 10.4. The Kier molecular flexibility index (Phi) is 7.45. The molecule has 0 fully saturated rings. The molecular weight excluding hydrogens is 482 g/mol. The molecule has 166 valence electrons. The molecule has 3 rings (SSSR count). The molecule has 0 saturated carbocycles. The van der Waals surface area contributed by atoms with E-state index in [1.807, 2.05) is 0 Å². The van der Waals surface area contributed by atoms with Crippen LogP contribution < -0.4 is 20.1 Å². The molecule has 3 aromatic rings. The van der Waals surface area contributed by atoms with Gasteiger partial charge in [-0.1, -0.05) is 34.8 Å². The first kappa shape index (κ1) is 23.7. The van der Waals surface area contributed by atoms with E-state index in [1.165, 1.54) is 50.6 Å². The molecule has 0 aromatic heterocycles. The minimum atomic E-state index is -0.772. The summed E-state index contributed by atoms with van der Waals surface area (Å²) in [6.45, 7) is 0. The average Bonchev–Trinajstić information content (AvgIpc) is 2.73. The van der Waals surface area contributed by atoms with Gasteiger partial charge in [-0.3, -0.25) is 9.59 Å². The Morgan fingerprint density at radius 3 is 2.12 bits per heavy atom. The van der Waals surface area contributed by atoms with Gasteiger partial charge in [0, 0.05) is 16.3 Å². The summed E-state index contributed by atoms with van der Waals surface area (Å²) < 4.78 is 24.4. The maximum absolute atomic E-state index is 14.1. The van der Waals surface area contributed by atoms with Crippen LogP contribution in [0.5, 0.6) is 11.5 Å². The van der Waals surface area contributed by atoms with Gasteiger partial charge in [0.1, 0.15) is 11.6 Å². The smallest absolute Gasteiger partial charge is 0.258 e. The van der Waals surface area contributed by atoms with Crippen molar-refractivity contribution in [2.24, 2.45) is 0 Å². The van der Waals surface area contributed by atoms with Crippen molar-refractivity contribution in [3.63, 3.8) is 0 Å². The minimum Gasteiger partial charge on any atom is -0.495 e. The lowest BCUT2D eigenvalue weighted by atomic mass is 10.1. The number of ether oxygens (including phenoxy) is 2.